The first-order valence-corrected chi connectivity index (χ1v) is 9.86. The molecule has 0 atom stereocenters. The van der Waals surface area contributed by atoms with Crippen LogP contribution in [0.2, 0.25) is 0 Å². The Balaban J connectivity index is 1.44. The second-order valence-electron chi connectivity index (χ2n) is 6.64. The first kappa shape index (κ1) is 17.6. The van der Waals surface area contributed by atoms with Gasteiger partial charge in [0.1, 0.15) is 0 Å². The van der Waals surface area contributed by atoms with E-state index in [1.807, 2.05) is 6.07 Å². The lowest BCUT2D eigenvalue weighted by atomic mass is 10.1. The molecule has 0 aromatic heterocycles. The Morgan fingerprint density at radius 2 is 1.74 bits per heavy atom. The summed E-state index contributed by atoms with van der Waals surface area (Å²) >= 11 is 1.60. The van der Waals surface area contributed by atoms with E-state index in [4.69, 9.17) is 0 Å². The minimum Gasteiger partial charge on any atom is -0.349 e. The Hall–Kier alpha value is -2.80. The van der Waals surface area contributed by atoms with Crippen LogP contribution in [0.3, 0.4) is 0 Å². The van der Waals surface area contributed by atoms with Crippen molar-refractivity contribution in [2.24, 2.45) is 0 Å². The second-order valence-corrected chi connectivity index (χ2v) is 7.77. The third kappa shape index (κ3) is 4.31. The van der Waals surface area contributed by atoms with Crippen molar-refractivity contribution in [3.8, 4) is 0 Å². The van der Waals surface area contributed by atoms with Gasteiger partial charge in [0, 0.05) is 39.9 Å². The van der Waals surface area contributed by atoms with E-state index < -0.39 is 0 Å². The van der Waals surface area contributed by atoms with Gasteiger partial charge in [-0.25, -0.2) is 0 Å². The van der Waals surface area contributed by atoms with Gasteiger partial charge in [0.05, 0.1) is 5.69 Å². The van der Waals surface area contributed by atoms with E-state index in [9.17, 15) is 14.4 Å². The third-order valence-electron chi connectivity index (χ3n) is 4.42. The number of fused-ring (bicyclic) bond motifs is 1. The van der Waals surface area contributed by atoms with Crippen molar-refractivity contribution in [2.45, 2.75) is 30.2 Å². The van der Waals surface area contributed by atoms with Crippen LogP contribution >= 0.6 is 11.8 Å². The molecule has 1 fully saturated rings. The molecular weight excluding hydrogens is 362 g/mol. The third-order valence-corrected chi connectivity index (χ3v) is 5.50. The normalized spacial score (nSPS) is 15.9. The fourth-order valence-electron chi connectivity index (χ4n) is 2.77. The van der Waals surface area contributed by atoms with Crippen molar-refractivity contribution in [3.63, 3.8) is 0 Å². The van der Waals surface area contributed by atoms with Crippen LogP contribution in [0.4, 0.5) is 11.4 Å². The molecule has 2 aromatic carbocycles. The monoisotopic (exact) mass is 381 g/mol. The van der Waals surface area contributed by atoms with E-state index in [1.165, 1.54) is 0 Å². The molecule has 4 rings (SSSR count). The lowest BCUT2D eigenvalue weighted by Gasteiger charge is -2.10. The van der Waals surface area contributed by atoms with Crippen molar-refractivity contribution in [1.29, 1.82) is 0 Å². The highest BCUT2D eigenvalue weighted by Crippen LogP contribution is 2.31. The van der Waals surface area contributed by atoms with Crippen LogP contribution in [0.1, 0.15) is 40.0 Å². The molecule has 0 bridgehead atoms. The molecule has 1 aliphatic heterocycles. The van der Waals surface area contributed by atoms with E-state index in [-0.39, 0.29) is 17.7 Å². The molecule has 3 amide bonds. The van der Waals surface area contributed by atoms with Crippen LogP contribution in [-0.2, 0) is 4.79 Å². The SMILES string of the molecule is O=C1CCSc2ccc(C(=O)Nc3ccc(C(=O)NC4CC4)cc3)cc2N1. The van der Waals surface area contributed by atoms with Crippen LogP contribution in [0, 0.1) is 0 Å². The number of carbonyl (C=O) groups is 3. The summed E-state index contributed by atoms with van der Waals surface area (Å²) in [5, 5.41) is 8.59. The van der Waals surface area contributed by atoms with Crippen molar-refractivity contribution < 1.29 is 14.4 Å². The molecule has 7 heteroatoms. The Kier molecular flexibility index (Phi) is 4.85. The molecule has 1 saturated carbocycles. The largest absolute Gasteiger partial charge is 0.349 e. The van der Waals surface area contributed by atoms with Gasteiger partial charge in [0.2, 0.25) is 5.91 Å². The molecular formula is C20H19N3O3S. The molecule has 0 saturated heterocycles. The van der Waals surface area contributed by atoms with Crippen molar-refractivity contribution in [2.75, 3.05) is 16.4 Å². The first-order valence-electron chi connectivity index (χ1n) is 8.87. The standard InChI is InChI=1S/C20H19N3O3S/c24-18-9-10-27-17-8-3-13(11-16(17)23-18)20(26)22-14-4-1-12(2-5-14)19(25)21-15-6-7-15/h1-5,8,11,15H,6-7,9-10H2,(H,21,25)(H,22,26)(H,23,24). The van der Waals surface area contributed by atoms with Crippen molar-refractivity contribution >= 4 is 40.9 Å². The van der Waals surface area contributed by atoms with Gasteiger partial charge in [0.25, 0.3) is 11.8 Å². The predicted octanol–water partition coefficient (Wildman–Crippen LogP) is 3.27. The average molecular weight is 381 g/mol. The molecule has 2 aromatic rings. The van der Waals surface area contributed by atoms with Gasteiger partial charge in [-0.1, -0.05) is 0 Å². The van der Waals surface area contributed by atoms with E-state index in [0.717, 1.165) is 23.5 Å². The molecule has 3 N–H and O–H groups in total. The van der Waals surface area contributed by atoms with E-state index in [0.29, 0.717) is 35.0 Å². The number of amides is 3. The summed E-state index contributed by atoms with van der Waals surface area (Å²) in [6.07, 6.45) is 2.54. The zero-order chi connectivity index (χ0) is 18.8. The molecule has 6 nitrogen and oxygen atoms in total. The zero-order valence-electron chi connectivity index (χ0n) is 14.6. The highest BCUT2D eigenvalue weighted by atomic mass is 32.2. The summed E-state index contributed by atoms with van der Waals surface area (Å²) in [6, 6.07) is 12.4. The maximum absolute atomic E-state index is 12.5. The summed E-state index contributed by atoms with van der Waals surface area (Å²) in [7, 11) is 0. The zero-order valence-corrected chi connectivity index (χ0v) is 15.4. The Labute approximate surface area is 161 Å². The Bertz CT molecular complexity index is 907. The van der Waals surface area contributed by atoms with Gasteiger partial charge in [-0.2, -0.15) is 0 Å². The van der Waals surface area contributed by atoms with Gasteiger partial charge in [-0.15, -0.1) is 11.8 Å². The number of nitrogens with one attached hydrogen (secondary N) is 3. The lowest BCUT2D eigenvalue weighted by molar-refractivity contribution is -0.115. The molecule has 1 heterocycles. The number of benzene rings is 2. The van der Waals surface area contributed by atoms with Crippen LogP contribution in [0.25, 0.3) is 0 Å². The molecule has 1 aliphatic carbocycles. The van der Waals surface area contributed by atoms with E-state index in [1.54, 1.807) is 48.2 Å². The highest BCUT2D eigenvalue weighted by Gasteiger charge is 2.23. The number of rotatable bonds is 4. The molecule has 0 radical (unpaired) electrons. The number of hydrogen-bond donors (Lipinski definition) is 3. The molecule has 0 spiro atoms. The maximum Gasteiger partial charge on any atom is 0.255 e. The van der Waals surface area contributed by atoms with Crippen LogP contribution in [0.5, 0.6) is 0 Å². The molecule has 27 heavy (non-hydrogen) atoms. The highest BCUT2D eigenvalue weighted by molar-refractivity contribution is 7.99. The topological polar surface area (TPSA) is 87.3 Å². The van der Waals surface area contributed by atoms with Gasteiger partial charge >= 0.3 is 0 Å². The summed E-state index contributed by atoms with van der Waals surface area (Å²) in [5.74, 6) is 0.329. The van der Waals surface area contributed by atoms with E-state index >= 15 is 0 Å². The number of carbonyl (C=O) groups excluding carboxylic acids is 3. The second kappa shape index (κ2) is 7.44. The molecule has 0 unspecified atom stereocenters. The first-order chi connectivity index (χ1) is 13.1. The minimum atomic E-state index is -0.267. The van der Waals surface area contributed by atoms with Crippen LogP contribution < -0.4 is 16.0 Å². The van der Waals surface area contributed by atoms with Gasteiger partial charge in [-0.05, 0) is 55.3 Å². The average Bonchev–Trinajstić information content (AvgIpc) is 3.48. The predicted molar refractivity (Wildman–Crippen MR) is 105 cm³/mol. The summed E-state index contributed by atoms with van der Waals surface area (Å²) in [5.41, 5.74) is 2.32. The van der Waals surface area contributed by atoms with Crippen molar-refractivity contribution in [1.82, 2.24) is 5.32 Å². The molecule has 2 aliphatic rings. The van der Waals surface area contributed by atoms with Gasteiger partial charge in [-0.3, -0.25) is 14.4 Å². The quantitative estimate of drug-likeness (QED) is 0.759. The minimum absolute atomic E-state index is 0.0427. The van der Waals surface area contributed by atoms with Crippen molar-refractivity contribution in [3.05, 3.63) is 53.6 Å². The maximum atomic E-state index is 12.5. The lowest BCUT2D eigenvalue weighted by Crippen LogP contribution is -2.25. The van der Waals surface area contributed by atoms with Gasteiger partial charge in [0.15, 0.2) is 0 Å². The Morgan fingerprint density at radius 1 is 1.00 bits per heavy atom. The summed E-state index contributed by atoms with van der Waals surface area (Å²) in [6.45, 7) is 0. The van der Waals surface area contributed by atoms with Crippen LogP contribution in [0.15, 0.2) is 47.4 Å². The fraction of sp³-hybridized carbons (Fsp3) is 0.250. The van der Waals surface area contributed by atoms with Gasteiger partial charge < -0.3 is 16.0 Å². The number of hydrogen-bond acceptors (Lipinski definition) is 4. The molecule has 138 valence electrons. The smallest absolute Gasteiger partial charge is 0.255 e. The Morgan fingerprint density at radius 3 is 2.48 bits per heavy atom. The van der Waals surface area contributed by atoms with E-state index in [2.05, 4.69) is 16.0 Å². The number of thioether (sulfide) groups is 1. The summed E-state index contributed by atoms with van der Waals surface area (Å²) in [4.78, 5) is 37.2. The number of anilines is 2. The summed E-state index contributed by atoms with van der Waals surface area (Å²) < 4.78 is 0. The fourth-order valence-corrected chi connectivity index (χ4v) is 3.70. The van der Waals surface area contributed by atoms with Crippen LogP contribution in [-0.4, -0.2) is 29.5 Å².